The number of rotatable bonds is 23. The maximum Gasteiger partial charge on any atom is 1.00 e. The van der Waals surface area contributed by atoms with E-state index in [4.69, 9.17) is 0 Å². The molecule has 0 aliphatic heterocycles. The number of hydrogen-bond acceptors (Lipinski definition) is 6. The molecule has 0 saturated heterocycles. The first-order valence-corrected chi connectivity index (χ1v) is 14.9. The molecular weight excluding hydrogens is 502 g/mol. The van der Waals surface area contributed by atoms with Gasteiger partial charge in [-0.1, -0.05) is 124 Å². The van der Waals surface area contributed by atoms with Crippen LogP contribution in [-0.2, 0) is 19.7 Å². The summed E-state index contributed by atoms with van der Waals surface area (Å²) in [7, 11) is -5.30. The van der Waals surface area contributed by atoms with Crippen LogP contribution in [0.2, 0.25) is 0 Å². The zero-order valence-corrected chi connectivity index (χ0v) is 28.6. The number of hydrogen-bond donors (Lipinski definition) is 1. The molecule has 0 aliphatic carbocycles. The van der Waals surface area contributed by atoms with Crippen LogP contribution < -0.4 is 69.3 Å². The Kier molecular flexibility index (Phi) is 26.0. The molecule has 1 unspecified atom stereocenters. The van der Waals surface area contributed by atoms with E-state index in [0.29, 0.717) is 32.1 Å². The summed E-state index contributed by atoms with van der Waals surface area (Å²) in [6, 6.07) is 0. The molecule has 0 radical (unpaired) electrons. The first kappa shape index (κ1) is 41.3. The van der Waals surface area contributed by atoms with Gasteiger partial charge in [-0.2, -0.15) is 8.42 Å². The minimum Gasteiger partial charge on any atom is -0.549 e. The van der Waals surface area contributed by atoms with Gasteiger partial charge in [0.1, 0.15) is 4.75 Å². The van der Waals surface area contributed by atoms with Crippen LogP contribution in [0.15, 0.2) is 0 Å². The standard InChI is InChI=1S/C26H50O7S.2Na/c1-4-7-10-13-15-17-20-25(23(27)28,21-18-16-14-11-8-5-2)26(24(29)30,34(31,32)33)22-19-12-9-6-3;;/h4-22H2,1-3H3,(H,27,28)(H,29,30)(H,31,32,33);;/q;2*+1/p-2. The molecule has 0 spiro atoms. The van der Waals surface area contributed by atoms with Gasteiger partial charge in [0.15, 0.2) is 0 Å². The SMILES string of the molecule is CCCCCCCCC(CCCCCCCC)(C(=O)[O-])C(CCCCCC)(C(=O)[O-])S(=O)(=O)O.[Na+].[Na+]. The largest absolute Gasteiger partial charge is 1.00 e. The van der Waals surface area contributed by atoms with Gasteiger partial charge < -0.3 is 19.8 Å². The average Bonchev–Trinajstić information content (AvgIpc) is 2.76. The van der Waals surface area contributed by atoms with Gasteiger partial charge in [0.05, 0.1) is 5.97 Å². The van der Waals surface area contributed by atoms with E-state index in [0.717, 1.165) is 64.2 Å². The maximum atomic E-state index is 12.7. The van der Waals surface area contributed by atoms with Crippen molar-refractivity contribution in [3.63, 3.8) is 0 Å². The Morgan fingerprint density at radius 2 is 0.889 bits per heavy atom. The van der Waals surface area contributed by atoms with Gasteiger partial charge in [-0.05, 0) is 19.3 Å². The summed E-state index contributed by atoms with van der Waals surface area (Å²) in [6.45, 7) is 6.12. The van der Waals surface area contributed by atoms with E-state index in [1.807, 2.05) is 6.92 Å². The molecule has 0 aromatic heterocycles. The summed E-state index contributed by atoms with van der Waals surface area (Å²) in [5, 5.41) is 25.2. The molecule has 202 valence electrons. The molecule has 10 heteroatoms. The summed E-state index contributed by atoms with van der Waals surface area (Å²) in [5.41, 5.74) is -2.23. The smallest absolute Gasteiger partial charge is 0.549 e. The Balaban J connectivity index is -0.00000544. The molecule has 7 nitrogen and oxygen atoms in total. The van der Waals surface area contributed by atoms with E-state index in [9.17, 15) is 32.8 Å². The van der Waals surface area contributed by atoms with Gasteiger partial charge >= 0.3 is 59.1 Å². The van der Waals surface area contributed by atoms with Crippen LogP contribution in [0.4, 0.5) is 0 Å². The Bertz CT molecular complexity index is 670. The van der Waals surface area contributed by atoms with Crippen LogP contribution in [0, 0.1) is 5.41 Å². The Labute approximate surface area is 264 Å². The summed E-state index contributed by atoms with van der Waals surface area (Å²) in [4.78, 5) is 25.2. The topological polar surface area (TPSA) is 135 Å². The third-order valence-corrected chi connectivity index (χ3v) is 8.87. The second-order valence-electron chi connectivity index (χ2n) is 9.81. The molecule has 0 bridgehead atoms. The number of aliphatic carboxylic acids is 2. The van der Waals surface area contributed by atoms with Gasteiger partial charge in [0, 0.05) is 11.4 Å². The van der Waals surface area contributed by atoms with Gasteiger partial charge in [0.25, 0.3) is 10.1 Å². The van der Waals surface area contributed by atoms with E-state index >= 15 is 0 Å². The van der Waals surface area contributed by atoms with E-state index < -0.39 is 38.6 Å². The predicted molar refractivity (Wildman–Crippen MR) is 131 cm³/mol. The molecule has 0 heterocycles. The van der Waals surface area contributed by atoms with Crippen molar-refractivity contribution in [3.8, 4) is 0 Å². The van der Waals surface area contributed by atoms with Crippen molar-refractivity contribution in [2.75, 3.05) is 0 Å². The quantitative estimate of drug-likeness (QED) is 0.0937. The maximum absolute atomic E-state index is 12.7. The fraction of sp³-hybridized carbons (Fsp3) is 0.923. The molecule has 0 aromatic carbocycles. The normalized spacial score (nSPS) is 13.3. The minimum absolute atomic E-state index is 0. The molecule has 36 heavy (non-hydrogen) atoms. The molecule has 0 saturated carbocycles. The van der Waals surface area contributed by atoms with Crippen molar-refractivity contribution < 1.29 is 91.9 Å². The fourth-order valence-electron chi connectivity index (χ4n) is 5.13. The number of carbonyl (C=O) groups is 2. The minimum atomic E-state index is -5.30. The van der Waals surface area contributed by atoms with E-state index in [-0.39, 0.29) is 78.4 Å². The fourth-order valence-corrected chi connectivity index (χ4v) is 6.52. The average molecular weight is 551 g/mol. The van der Waals surface area contributed by atoms with E-state index in [1.165, 1.54) is 0 Å². The van der Waals surface area contributed by atoms with Crippen molar-refractivity contribution in [2.24, 2.45) is 5.41 Å². The molecule has 0 fully saturated rings. The Morgan fingerprint density at radius 1 is 0.583 bits per heavy atom. The molecule has 0 aromatic rings. The van der Waals surface area contributed by atoms with Crippen molar-refractivity contribution in [2.45, 2.75) is 148 Å². The molecule has 1 N–H and O–H groups in total. The van der Waals surface area contributed by atoms with E-state index in [1.54, 1.807) is 0 Å². The van der Waals surface area contributed by atoms with Crippen LogP contribution in [-0.4, -0.2) is 29.7 Å². The van der Waals surface area contributed by atoms with Crippen molar-refractivity contribution in [3.05, 3.63) is 0 Å². The van der Waals surface area contributed by atoms with Crippen LogP contribution in [0.5, 0.6) is 0 Å². The number of carbonyl (C=O) groups excluding carboxylic acids is 2. The molecule has 0 aliphatic rings. The summed E-state index contributed by atoms with van der Waals surface area (Å²) < 4.78 is 32.7. The second kappa shape index (κ2) is 22.6. The molecular formula is C26H48Na2O7S. The molecule has 0 amide bonds. The number of unbranched alkanes of at least 4 members (excludes halogenated alkanes) is 13. The van der Waals surface area contributed by atoms with Crippen molar-refractivity contribution in [1.82, 2.24) is 0 Å². The van der Waals surface area contributed by atoms with E-state index in [2.05, 4.69) is 13.8 Å². The first-order chi connectivity index (χ1) is 16.1. The Hall–Kier alpha value is 0.850. The summed E-state index contributed by atoms with van der Waals surface area (Å²) in [6.07, 6.45) is 11.4. The Morgan fingerprint density at radius 3 is 1.19 bits per heavy atom. The predicted octanol–water partition coefficient (Wildman–Crippen LogP) is -1.42. The summed E-state index contributed by atoms with van der Waals surface area (Å²) >= 11 is 0. The third-order valence-electron chi connectivity index (χ3n) is 7.23. The first-order valence-electron chi connectivity index (χ1n) is 13.5. The van der Waals surface area contributed by atoms with Crippen LogP contribution >= 0.6 is 0 Å². The van der Waals surface area contributed by atoms with Crippen molar-refractivity contribution >= 4 is 22.1 Å². The van der Waals surface area contributed by atoms with Gasteiger partial charge in [-0.15, -0.1) is 0 Å². The molecule has 0 rings (SSSR count). The second-order valence-corrected chi connectivity index (χ2v) is 11.5. The van der Waals surface area contributed by atoms with Gasteiger partial charge in [-0.25, -0.2) is 0 Å². The third kappa shape index (κ3) is 12.8. The monoisotopic (exact) mass is 550 g/mol. The van der Waals surface area contributed by atoms with Crippen molar-refractivity contribution in [1.29, 1.82) is 0 Å². The summed E-state index contributed by atoms with van der Waals surface area (Å²) in [5.74, 6) is -3.75. The number of carboxylic acid groups (broad SMARTS) is 2. The zero-order chi connectivity index (χ0) is 26.1. The van der Waals surface area contributed by atoms with Crippen LogP contribution in [0.1, 0.15) is 143 Å². The number of carboxylic acids is 2. The van der Waals surface area contributed by atoms with Gasteiger partial charge in [-0.3, -0.25) is 4.55 Å². The van der Waals surface area contributed by atoms with Crippen LogP contribution in [0.25, 0.3) is 0 Å². The van der Waals surface area contributed by atoms with Gasteiger partial charge in [0.2, 0.25) is 0 Å². The molecule has 1 atom stereocenters. The van der Waals surface area contributed by atoms with Crippen LogP contribution in [0.3, 0.4) is 0 Å². The zero-order valence-electron chi connectivity index (χ0n) is 23.7.